The van der Waals surface area contributed by atoms with Crippen LogP contribution in [0.15, 0.2) is 0 Å². The summed E-state index contributed by atoms with van der Waals surface area (Å²) in [5, 5.41) is 0. The van der Waals surface area contributed by atoms with Crippen molar-refractivity contribution in [3.8, 4) is 0 Å². The SMILES string of the molecule is CCC(C)CCCCCCCCCN1CCC(CC)C1=O. The van der Waals surface area contributed by atoms with Crippen LogP contribution in [0.4, 0.5) is 0 Å². The van der Waals surface area contributed by atoms with Gasteiger partial charge in [0.2, 0.25) is 5.91 Å². The predicted molar refractivity (Wildman–Crippen MR) is 91.4 cm³/mol. The number of amides is 1. The van der Waals surface area contributed by atoms with E-state index in [1.54, 1.807) is 0 Å². The van der Waals surface area contributed by atoms with Crippen molar-refractivity contribution in [2.24, 2.45) is 11.8 Å². The van der Waals surface area contributed by atoms with Gasteiger partial charge in [0.1, 0.15) is 0 Å². The number of unbranched alkanes of at least 4 members (excludes halogenated alkanes) is 6. The number of hydrogen-bond donors (Lipinski definition) is 0. The third-order valence-corrected chi connectivity index (χ3v) is 5.22. The quantitative estimate of drug-likeness (QED) is 0.441. The lowest BCUT2D eigenvalue weighted by Crippen LogP contribution is -2.28. The van der Waals surface area contributed by atoms with E-state index in [4.69, 9.17) is 0 Å². The molecule has 2 unspecified atom stereocenters. The van der Waals surface area contributed by atoms with Crippen LogP contribution in [-0.2, 0) is 4.79 Å². The maximum Gasteiger partial charge on any atom is 0.225 e. The molecule has 1 rings (SSSR count). The third-order valence-electron chi connectivity index (χ3n) is 5.22. The summed E-state index contributed by atoms with van der Waals surface area (Å²) < 4.78 is 0. The predicted octanol–water partition coefficient (Wildman–Crippen LogP) is 5.41. The van der Waals surface area contributed by atoms with Gasteiger partial charge in [-0.15, -0.1) is 0 Å². The van der Waals surface area contributed by atoms with Crippen LogP contribution in [0.2, 0.25) is 0 Å². The highest BCUT2D eigenvalue weighted by atomic mass is 16.2. The Morgan fingerprint density at radius 1 is 1.05 bits per heavy atom. The minimum Gasteiger partial charge on any atom is -0.342 e. The Morgan fingerprint density at radius 3 is 2.24 bits per heavy atom. The minimum absolute atomic E-state index is 0.329. The van der Waals surface area contributed by atoms with Crippen LogP contribution in [0.3, 0.4) is 0 Å². The molecule has 0 spiro atoms. The van der Waals surface area contributed by atoms with Crippen LogP contribution < -0.4 is 0 Å². The van der Waals surface area contributed by atoms with Gasteiger partial charge in [-0.05, 0) is 25.2 Å². The maximum absolute atomic E-state index is 12.0. The first-order valence-electron chi connectivity index (χ1n) is 9.47. The molecule has 0 saturated carbocycles. The summed E-state index contributed by atoms with van der Waals surface area (Å²) in [6, 6.07) is 0. The molecule has 1 heterocycles. The molecule has 2 nitrogen and oxygen atoms in total. The average molecular weight is 296 g/mol. The Morgan fingerprint density at radius 2 is 1.67 bits per heavy atom. The zero-order chi connectivity index (χ0) is 15.5. The average Bonchev–Trinajstić information content (AvgIpc) is 2.85. The highest BCUT2D eigenvalue weighted by Crippen LogP contribution is 2.21. The summed E-state index contributed by atoms with van der Waals surface area (Å²) in [7, 11) is 0. The van der Waals surface area contributed by atoms with Crippen molar-refractivity contribution < 1.29 is 4.79 Å². The number of likely N-dealkylation sites (tertiary alicyclic amines) is 1. The van der Waals surface area contributed by atoms with E-state index in [2.05, 4.69) is 25.7 Å². The molecule has 0 bridgehead atoms. The van der Waals surface area contributed by atoms with E-state index >= 15 is 0 Å². The summed E-state index contributed by atoms with van der Waals surface area (Å²) >= 11 is 0. The molecule has 0 aromatic carbocycles. The van der Waals surface area contributed by atoms with Crippen molar-refractivity contribution in [2.45, 2.75) is 91.4 Å². The van der Waals surface area contributed by atoms with Gasteiger partial charge in [-0.2, -0.15) is 0 Å². The van der Waals surface area contributed by atoms with Crippen molar-refractivity contribution in [1.82, 2.24) is 4.90 Å². The fraction of sp³-hybridized carbons (Fsp3) is 0.947. The monoisotopic (exact) mass is 295 g/mol. The minimum atomic E-state index is 0.329. The molecule has 1 aliphatic rings. The van der Waals surface area contributed by atoms with Crippen molar-refractivity contribution in [2.75, 3.05) is 13.1 Å². The Labute approximate surface area is 132 Å². The van der Waals surface area contributed by atoms with Crippen LogP contribution >= 0.6 is 0 Å². The van der Waals surface area contributed by atoms with E-state index in [-0.39, 0.29) is 0 Å². The fourth-order valence-electron chi connectivity index (χ4n) is 3.29. The van der Waals surface area contributed by atoms with E-state index in [1.165, 1.54) is 57.8 Å². The van der Waals surface area contributed by atoms with Crippen LogP contribution in [0.25, 0.3) is 0 Å². The topological polar surface area (TPSA) is 20.3 Å². The van der Waals surface area contributed by atoms with Gasteiger partial charge in [0.25, 0.3) is 0 Å². The molecular weight excluding hydrogens is 258 g/mol. The lowest BCUT2D eigenvalue weighted by molar-refractivity contribution is -0.131. The van der Waals surface area contributed by atoms with Gasteiger partial charge < -0.3 is 4.90 Å². The molecule has 0 aromatic heterocycles. The van der Waals surface area contributed by atoms with E-state index < -0.39 is 0 Å². The van der Waals surface area contributed by atoms with Crippen LogP contribution in [0, 0.1) is 11.8 Å². The van der Waals surface area contributed by atoms with Crippen LogP contribution in [0.1, 0.15) is 91.4 Å². The first kappa shape index (κ1) is 18.5. The number of rotatable bonds is 12. The number of hydrogen-bond acceptors (Lipinski definition) is 1. The summed E-state index contributed by atoms with van der Waals surface area (Å²) in [4.78, 5) is 14.1. The zero-order valence-electron chi connectivity index (χ0n) is 14.7. The number of carbonyl (C=O) groups is 1. The van der Waals surface area contributed by atoms with Gasteiger partial charge in [-0.25, -0.2) is 0 Å². The van der Waals surface area contributed by atoms with Gasteiger partial charge in [-0.3, -0.25) is 4.79 Å². The number of nitrogens with zero attached hydrogens (tertiary/aromatic N) is 1. The molecule has 2 atom stereocenters. The first-order chi connectivity index (χ1) is 10.2. The Bertz CT molecular complexity index is 277. The lowest BCUT2D eigenvalue weighted by atomic mass is 10.00. The maximum atomic E-state index is 12.0. The summed E-state index contributed by atoms with van der Waals surface area (Å²) in [6.07, 6.45) is 14.3. The van der Waals surface area contributed by atoms with E-state index in [0.29, 0.717) is 11.8 Å². The van der Waals surface area contributed by atoms with Crippen LogP contribution in [0.5, 0.6) is 0 Å². The van der Waals surface area contributed by atoms with Crippen molar-refractivity contribution in [1.29, 1.82) is 0 Å². The summed E-state index contributed by atoms with van der Waals surface area (Å²) in [6.45, 7) is 8.80. The fourth-order valence-corrected chi connectivity index (χ4v) is 3.29. The normalized spacial score (nSPS) is 20.2. The number of carbonyl (C=O) groups excluding carboxylic acids is 1. The summed E-state index contributed by atoms with van der Waals surface area (Å²) in [5.74, 6) is 1.66. The molecule has 0 aliphatic carbocycles. The molecule has 2 heteroatoms. The lowest BCUT2D eigenvalue weighted by Gasteiger charge is -2.16. The van der Waals surface area contributed by atoms with Gasteiger partial charge in [0, 0.05) is 19.0 Å². The van der Waals surface area contributed by atoms with Gasteiger partial charge >= 0.3 is 0 Å². The van der Waals surface area contributed by atoms with E-state index in [9.17, 15) is 4.79 Å². The second-order valence-electron chi connectivity index (χ2n) is 7.00. The smallest absolute Gasteiger partial charge is 0.225 e. The largest absolute Gasteiger partial charge is 0.342 e. The van der Waals surface area contributed by atoms with Crippen LogP contribution in [-0.4, -0.2) is 23.9 Å². The molecule has 124 valence electrons. The molecule has 1 fully saturated rings. The first-order valence-corrected chi connectivity index (χ1v) is 9.47. The molecular formula is C19H37NO. The second kappa shape index (κ2) is 11.1. The Kier molecular flexibility index (Phi) is 9.78. The molecule has 21 heavy (non-hydrogen) atoms. The summed E-state index contributed by atoms with van der Waals surface area (Å²) in [5.41, 5.74) is 0. The zero-order valence-corrected chi connectivity index (χ0v) is 14.7. The molecule has 0 aromatic rings. The third kappa shape index (κ3) is 7.33. The Balaban J connectivity index is 1.88. The standard InChI is InChI=1S/C19H37NO/c1-4-17(3)13-11-9-7-6-8-10-12-15-20-16-14-18(5-2)19(20)21/h17-18H,4-16H2,1-3H3. The highest BCUT2D eigenvalue weighted by Gasteiger charge is 2.29. The second-order valence-corrected chi connectivity index (χ2v) is 7.00. The van der Waals surface area contributed by atoms with Gasteiger partial charge in [0.15, 0.2) is 0 Å². The molecule has 1 saturated heterocycles. The van der Waals surface area contributed by atoms with E-state index in [0.717, 1.165) is 31.8 Å². The highest BCUT2D eigenvalue weighted by molar-refractivity contribution is 5.80. The van der Waals surface area contributed by atoms with E-state index in [1.807, 2.05) is 0 Å². The molecule has 0 radical (unpaired) electrons. The molecule has 1 amide bonds. The van der Waals surface area contributed by atoms with Crippen molar-refractivity contribution >= 4 is 5.91 Å². The molecule has 0 N–H and O–H groups in total. The van der Waals surface area contributed by atoms with Crippen molar-refractivity contribution in [3.63, 3.8) is 0 Å². The molecule has 1 aliphatic heterocycles. The van der Waals surface area contributed by atoms with Gasteiger partial charge in [-0.1, -0.05) is 72.1 Å². The van der Waals surface area contributed by atoms with Crippen molar-refractivity contribution in [3.05, 3.63) is 0 Å². The van der Waals surface area contributed by atoms with Gasteiger partial charge in [0.05, 0.1) is 0 Å². The Hall–Kier alpha value is -0.530.